The number of alkyl halides is 1. The SMILES string of the molecule is BC(B)(O)[C@@]1(F)O[C@@](B)(n2cc(F)c(=S)[nH]c2=O)[C@H](O)[C@@H]1O. The Morgan fingerprint density at radius 3 is 2.45 bits per heavy atom. The maximum atomic E-state index is 14.8. The lowest BCUT2D eigenvalue weighted by Crippen LogP contribution is -2.59. The molecule has 0 saturated carbocycles. The van der Waals surface area contributed by atoms with E-state index in [9.17, 15) is 28.9 Å². The van der Waals surface area contributed by atoms with Crippen LogP contribution in [0.3, 0.4) is 0 Å². The quantitative estimate of drug-likeness (QED) is 0.322. The van der Waals surface area contributed by atoms with E-state index in [0.717, 1.165) is 23.5 Å². The lowest BCUT2D eigenvalue weighted by atomic mass is 9.59. The number of aromatic nitrogens is 2. The van der Waals surface area contributed by atoms with E-state index in [1.807, 2.05) is 4.98 Å². The minimum atomic E-state index is -3.08. The molecule has 1 aliphatic rings. The molecule has 4 N–H and O–H groups in total. The van der Waals surface area contributed by atoms with Crippen LogP contribution in [0.15, 0.2) is 11.0 Å². The van der Waals surface area contributed by atoms with Crippen LogP contribution in [0.25, 0.3) is 0 Å². The van der Waals surface area contributed by atoms with E-state index in [-0.39, 0.29) is 0 Å². The zero-order chi connectivity index (χ0) is 17.1. The molecular weight excluding hydrogens is 319 g/mol. The molecule has 1 saturated heterocycles. The van der Waals surface area contributed by atoms with Gasteiger partial charge in [-0.3, -0.25) is 9.55 Å². The summed E-state index contributed by atoms with van der Waals surface area (Å²) in [6, 6.07) is 0. The average Bonchev–Trinajstić information content (AvgIpc) is 2.56. The molecule has 0 amide bonds. The zero-order valence-electron chi connectivity index (χ0n) is 12.0. The fourth-order valence-electron chi connectivity index (χ4n) is 2.37. The Labute approximate surface area is 131 Å². The van der Waals surface area contributed by atoms with E-state index in [1.54, 1.807) is 0 Å². The number of aromatic amines is 1. The molecule has 2 heterocycles. The van der Waals surface area contributed by atoms with E-state index in [4.69, 9.17) is 4.74 Å². The highest BCUT2D eigenvalue weighted by Gasteiger charge is 2.67. The first-order valence-electron chi connectivity index (χ1n) is 6.34. The minimum Gasteiger partial charge on any atom is -0.402 e. The van der Waals surface area contributed by atoms with Crippen molar-refractivity contribution in [3.05, 3.63) is 27.1 Å². The third-order valence-electron chi connectivity index (χ3n) is 3.79. The standard InChI is InChI=1S/C9H13B3F2N2O5S/c10-8(16-1-2(13)5(22)15-6(16)19)4(18)3(17)7(14,21-8)9(11,12)20/h1,3-4,17-18,20H,10-12H2,(H,15,19,22)/t3-,4+,7-,8-/m0/s1. The maximum absolute atomic E-state index is 14.8. The topological polar surface area (TPSA) is 108 Å². The molecule has 0 spiro atoms. The fraction of sp³-hybridized carbons (Fsp3) is 0.556. The van der Waals surface area contributed by atoms with Crippen molar-refractivity contribution in [3.8, 4) is 0 Å². The molecule has 2 rings (SSSR count). The second kappa shape index (κ2) is 5.00. The van der Waals surface area contributed by atoms with Crippen molar-refractivity contribution in [2.75, 3.05) is 0 Å². The van der Waals surface area contributed by atoms with Crippen LogP contribution < -0.4 is 5.69 Å². The zero-order valence-corrected chi connectivity index (χ0v) is 12.8. The van der Waals surface area contributed by atoms with Crippen molar-refractivity contribution in [2.45, 2.75) is 29.1 Å². The summed E-state index contributed by atoms with van der Waals surface area (Å²) in [4.78, 5) is 13.9. The molecule has 118 valence electrons. The van der Waals surface area contributed by atoms with Gasteiger partial charge in [0.15, 0.2) is 13.7 Å². The lowest BCUT2D eigenvalue weighted by molar-refractivity contribution is -0.243. The summed E-state index contributed by atoms with van der Waals surface area (Å²) in [6.07, 6.45) is -3.49. The lowest BCUT2D eigenvalue weighted by Gasteiger charge is -2.36. The molecule has 0 aromatic carbocycles. The molecule has 1 aromatic rings. The third-order valence-corrected chi connectivity index (χ3v) is 4.09. The third kappa shape index (κ3) is 2.28. The van der Waals surface area contributed by atoms with Gasteiger partial charge in [-0.1, -0.05) is 12.2 Å². The largest absolute Gasteiger partial charge is 0.402 e. The molecule has 0 aliphatic carbocycles. The van der Waals surface area contributed by atoms with E-state index in [1.165, 1.54) is 0 Å². The predicted octanol–water partition coefficient (Wildman–Crippen LogP) is -4.38. The number of aliphatic hydroxyl groups excluding tert-OH is 2. The Balaban J connectivity index is 2.64. The Kier molecular flexibility index (Phi) is 3.94. The summed E-state index contributed by atoms with van der Waals surface area (Å²) in [7, 11) is 3.12. The van der Waals surface area contributed by atoms with Gasteiger partial charge in [0.25, 0.3) is 5.85 Å². The summed E-state index contributed by atoms with van der Waals surface area (Å²) >= 11 is 4.56. The molecule has 0 bridgehead atoms. The number of hydrogen-bond donors (Lipinski definition) is 4. The molecule has 22 heavy (non-hydrogen) atoms. The maximum Gasteiger partial charge on any atom is 0.328 e. The predicted molar refractivity (Wildman–Crippen MR) is 81.3 cm³/mol. The highest BCUT2D eigenvalue weighted by atomic mass is 32.1. The van der Waals surface area contributed by atoms with Crippen molar-refractivity contribution in [2.24, 2.45) is 0 Å². The van der Waals surface area contributed by atoms with Crippen molar-refractivity contribution >= 4 is 35.8 Å². The van der Waals surface area contributed by atoms with Gasteiger partial charge in [0.05, 0.1) is 5.40 Å². The van der Waals surface area contributed by atoms with Crippen LogP contribution in [0, 0.1) is 10.5 Å². The van der Waals surface area contributed by atoms with Gasteiger partial charge in [0.1, 0.15) is 38.2 Å². The van der Waals surface area contributed by atoms with Crippen LogP contribution in [-0.2, 0) is 10.4 Å². The Hall–Kier alpha value is -1.01. The van der Waals surface area contributed by atoms with Crippen LogP contribution in [0.5, 0.6) is 0 Å². The summed E-state index contributed by atoms with van der Waals surface area (Å²) in [5.74, 6) is -4.08. The average molecular weight is 332 g/mol. The van der Waals surface area contributed by atoms with Crippen LogP contribution in [0.4, 0.5) is 8.78 Å². The summed E-state index contributed by atoms with van der Waals surface area (Å²) < 4.78 is 33.5. The van der Waals surface area contributed by atoms with Gasteiger partial charge in [-0.25, -0.2) is 13.6 Å². The van der Waals surface area contributed by atoms with Gasteiger partial charge in [-0.2, -0.15) is 0 Å². The number of ether oxygens (including phenoxy) is 1. The Morgan fingerprint density at radius 2 is 2.00 bits per heavy atom. The molecular formula is C9H13B3F2N2O5S. The molecule has 1 fully saturated rings. The first-order valence-corrected chi connectivity index (χ1v) is 6.75. The van der Waals surface area contributed by atoms with Crippen molar-refractivity contribution < 1.29 is 28.8 Å². The van der Waals surface area contributed by atoms with Gasteiger partial charge in [-0.15, -0.1) is 0 Å². The van der Waals surface area contributed by atoms with Crippen molar-refractivity contribution in [1.82, 2.24) is 9.55 Å². The molecule has 1 aromatic heterocycles. The number of hydrogen-bond acceptors (Lipinski definition) is 6. The van der Waals surface area contributed by atoms with Gasteiger partial charge >= 0.3 is 5.69 Å². The molecule has 13 heteroatoms. The summed E-state index contributed by atoms with van der Waals surface area (Å²) in [5.41, 5.74) is -3.13. The number of nitrogens with zero attached hydrogens (tertiary/aromatic N) is 1. The first-order chi connectivity index (χ1) is 9.84. The van der Waals surface area contributed by atoms with E-state index >= 15 is 0 Å². The van der Waals surface area contributed by atoms with Crippen LogP contribution in [-0.4, -0.2) is 71.9 Å². The van der Waals surface area contributed by atoms with Gasteiger partial charge in [0, 0.05) is 6.20 Å². The fourth-order valence-corrected chi connectivity index (χ4v) is 2.51. The van der Waals surface area contributed by atoms with E-state index in [2.05, 4.69) is 12.2 Å². The molecule has 7 nitrogen and oxygen atoms in total. The number of aliphatic hydroxyl groups is 3. The summed E-state index contributed by atoms with van der Waals surface area (Å²) in [6.45, 7) is 0. The number of H-pyrrole nitrogens is 1. The molecule has 4 atom stereocenters. The summed E-state index contributed by atoms with van der Waals surface area (Å²) in [5, 5.41) is 27.7. The first kappa shape index (κ1) is 17.4. The van der Waals surface area contributed by atoms with Crippen molar-refractivity contribution in [1.29, 1.82) is 0 Å². The minimum absolute atomic E-state index is 0.466. The van der Waals surface area contributed by atoms with Crippen LogP contribution >= 0.6 is 12.2 Å². The highest BCUT2D eigenvalue weighted by Crippen LogP contribution is 2.44. The van der Waals surface area contributed by atoms with Crippen molar-refractivity contribution in [3.63, 3.8) is 0 Å². The van der Waals surface area contributed by atoms with Gasteiger partial charge < -0.3 is 20.1 Å². The normalized spacial score (nSPS) is 35.7. The second-order valence-electron chi connectivity index (χ2n) is 5.86. The Bertz CT molecular complexity index is 724. The van der Waals surface area contributed by atoms with Gasteiger partial charge in [-0.05, 0) is 0 Å². The molecule has 0 unspecified atom stereocenters. The number of rotatable bonds is 2. The molecule has 0 radical (unpaired) electrons. The monoisotopic (exact) mass is 332 g/mol. The van der Waals surface area contributed by atoms with Gasteiger partial charge in [0.2, 0.25) is 0 Å². The highest BCUT2D eigenvalue weighted by molar-refractivity contribution is 7.71. The van der Waals surface area contributed by atoms with E-state index < -0.39 is 45.2 Å². The Morgan fingerprint density at radius 1 is 1.45 bits per heavy atom. The number of nitrogens with one attached hydrogen (secondary N) is 1. The van der Waals surface area contributed by atoms with Crippen LogP contribution in [0.2, 0.25) is 0 Å². The molecule has 1 aliphatic heterocycles. The number of halogens is 2. The second-order valence-corrected chi connectivity index (χ2v) is 6.26. The van der Waals surface area contributed by atoms with E-state index in [0.29, 0.717) is 10.8 Å². The van der Waals surface area contributed by atoms with Crippen LogP contribution in [0.1, 0.15) is 0 Å². The smallest absolute Gasteiger partial charge is 0.328 e.